The number of hydrogen-bond acceptors (Lipinski definition) is 5. The third-order valence-electron chi connectivity index (χ3n) is 3.99. The SMILES string of the molecule is CCOCCc1cnc2n1CCN(C(=O)c1cocn1)[C@H]2C. The summed E-state index contributed by atoms with van der Waals surface area (Å²) in [6, 6.07) is -0.0845. The van der Waals surface area contributed by atoms with Crippen molar-refractivity contribution < 1.29 is 13.9 Å². The molecule has 118 valence electrons. The number of imidazole rings is 1. The Labute approximate surface area is 128 Å². The predicted octanol–water partition coefficient (Wildman–Crippen LogP) is 1.67. The molecule has 1 atom stereocenters. The summed E-state index contributed by atoms with van der Waals surface area (Å²) in [6.07, 6.45) is 5.37. The maximum absolute atomic E-state index is 12.4. The molecule has 7 heteroatoms. The minimum Gasteiger partial charge on any atom is -0.451 e. The molecule has 3 heterocycles. The van der Waals surface area contributed by atoms with Crippen LogP contribution in [0.1, 0.15) is 41.9 Å². The van der Waals surface area contributed by atoms with Crippen LogP contribution in [0, 0.1) is 0 Å². The van der Waals surface area contributed by atoms with Crippen LogP contribution in [0.5, 0.6) is 0 Å². The topological polar surface area (TPSA) is 73.4 Å². The third-order valence-corrected chi connectivity index (χ3v) is 3.99. The largest absolute Gasteiger partial charge is 0.451 e. The molecule has 22 heavy (non-hydrogen) atoms. The summed E-state index contributed by atoms with van der Waals surface area (Å²) in [7, 11) is 0. The van der Waals surface area contributed by atoms with E-state index in [2.05, 4.69) is 14.5 Å². The lowest BCUT2D eigenvalue weighted by Gasteiger charge is -2.34. The molecule has 2 aromatic heterocycles. The molecule has 2 aromatic rings. The lowest BCUT2D eigenvalue weighted by atomic mass is 10.2. The fraction of sp³-hybridized carbons (Fsp3) is 0.533. The minimum absolute atomic E-state index is 0.0845. The first-order valence-electron chi connectivity index (χ1n) is 7.53. The van der Waals surface area contributed by atoms with Gasteiger partial charge in [-0.3, -0.25) is 4.79 Å². The van der Waals surface area contributed by atoms with Crippen LogP contribution in [0.15, 0.2) is 23.3 Å². The number of rotatable bonds is 5. The molecule has 3 rings (SSSR count). The van der Waals surface area contributed by atoms with E-state index in [0.717, 1.165) is 31.1 Å². The van der Waals surface area contributed by atoms with E-state index in [1.165, 1.54) is 12.7 Å². The fourth-order valence-electron chi connectivity index (χ4n) is 2.82. The van der Waals surface area contributed by atoms with Crippen molar-refractivity contribution in [3.63, 3.8) is 0 Å². The monoisotopic (exact) mass is 304 g/mol. The number of oxazole rings is 1. The Kier molecular flexibility index (Phi) is 4.24. The van der Waals surface area contributed by atoms with Crippen molar-refractivity contribution in [1.82, 2.24) is 19.4 Å². The maximum Gasteiger partial charge on any atom is 0.276 e. The smallest absolute Gasteiger partial charge is 0.276 e. The first-order valence-corrected chi connectivity index (χ1v) is 7.53. The van der Waals surface area contributed by atoms with Crippen LogP contribution < -0.4 is 0 Å². The zero-order chi connectivity index (χ0) is 15.5. The molecule has 0 saturated carbocycles. The van der Waals surface area contributed by atoms with Gasteiger partial charge >= 0.3 is 0 Å². The second kappa shape index (κ2) is 6.31. The van der Waals surface area contributed by atoms with Gasteiger partial charge in [-0.15, -0.1) is 0 Å². The maximum atomic E-state index is 12.4. The van der Waals surface area contributed by atoms with Gasteiger partial charge in [-0.2, -0.15) is 0 Å². The highest BCUT2D eigenvalue weighted by Gasteiger charge is 2.31. The van der Waals surface area contributed by atoms with Crippen molar-refractivity contribution in [3.05, 3.63) is 36.1 Å². The first-order chi connectivity index (χ1) is 10.7. The molecule has 1 amide bonds. The molecule has 1 aliphatic heterocycles. The van der Waals surface area contributed by atoms with E-state index >= 15 is 0 Å². The van der Waals surface area contributed by atoms with Crippen molar-refractivity contribution in [2.24, 2.45) is 0 Å². The molecule has 0 aliphatic carbocycles. The molecule has 0 saturated heterocycles. The number of fused-ring (bicyclic) bond motifs is 1. The Balaban J connectivity index is 1.76. The Hall–Kier alpha value is -2.15. The average Bonchev–Trinajstić information content (AvgIpc) is 3.17. The molecule has 0 radical (unpaired) electrons. The van der Waals surface area contributed by atoms with Crippen LogP contribution in [0.25, 0.3) is 0 Å². The molecule has 0 N–H and O–H groups in total. The Bertz CT molecular complexity index is 635. The van der Waals surface area contributed by atoms with E-state index in [1.54, 1.807) is 4.90 Å². The van der Waals surface area contributed by atoms with Crippen molar-refractivity contribution in [2.75, 3.05) is 19.8 Å². The highest BCUT2D eigenvalue weighted by Crippen LogP contribution is 2.26. The van der Waals surface area contributed by atoms with Gasteiger partial charge in [-0.1, -0.05) is 0 Å². The van der Waals surface area contributed by atoms with E-state index in [1.807, 2.05) is 20.0 Å². The number of aromatic nitrogens is 3. The molecule has 0 unspecified atom stereocenters. The van der Waals surface area contributed by atoms with E-state index in [-0.39, 0.29) is 11.9 Å². The van der Waals surface area contributed by atoms with Gasteiger partial charge in [0.05, 0.1) is 12.6 Å². The summed E-state index contributed by atoms with van der Waals surface area (Å²) < 4.78 is 12.5. The van der Waals surface area contributed by atoms with E-state index in [9.17, 15) is 4.79 Å². The van der Waals surface area contributed by atoms with Gasteiger partial charge in [0.2, 0.25) is 0 Å². The highest BCUT2D eigenvalue weighted by molar-refractivity contribution is 5.92. The van der Waals surface area contributed by atoms with Crippen molar-refractivity contribution in [1.29, 1.82) is 0 Å². The van der Waals surface area contributed by atoms with Crippen molar-refractivity contribution in [2.45, 2.75) is 32.9 Å². The number of amides is 1. The zero-order valence-electron chi connectivity index (χ0n) is 12.9. The van der Waals surface area contributed by atoms with Crippen molar-refractivity contribution >= 4 is 5.91 Å². The van der Waals surface area contributed by atoms with E-state index in [4.69, 9.17) is 9.15 Å². The number of hydrogen-bond donors (Lipinski definition) is 0. The second-order valence-electron chi connectivity index (χ2n) is 5.25. The molecule has 0 aromatic carbocycles. The zero-order valence-corrected chi connectivity index (χ0v) is 12.9. The Morgan fingerprint density at radius 3 is 3.05 bits per heavy atom. The molecule has 7 nitrogen and oxygen atoms in total. The van der Waals surface area contributed by atoms with Gasteiger partial charge in [0.25, 0.3) is 5.91 Å². The standard InChI is InChI=1S/C15H20N4O3/c1-3-21-7-4-12-8-16-14-11(2)18(5-6-19(12)14)15(20)13-9-22-10-17-13/h8-11H,3-7H2,1-2H3/t11-/m0/s1. The summed E-state index contributed by atoms with van der Waals surface area (Å²) in [6.45, 7) is 6.77. The van der Waals surface area contributed by atoms with Crippen LogP contribution in [0.2, 0.25) is 0 Å². The number of ether oxygens (including phenoxy) is 1. The molecule has 0 bridgehead atoms. The summed E-state index contributed by atoms with van der Waals surface area (Å²) in [4.78, 5) is 22.7. The van der Waals surface area contributed by atoms with Gasteiger partial charge in [0.15, 0.2) is 12.1 Å². The van der Waals surface area contributed by atoms with Gasteiger partial charge < -0.3 is 18.6 Å². The summed E-state index contributed by atoms with van der Waals surface area (Å²) in [5.74, 6) is 0.793. The highest BCUT2D eigenvalue weighted by atomic mass is 16.5. The van der Waals surface area contributed by atoms with Crippen LogP contribution in [-0.2, 0) is 17.7 Å². The fourth-order valence-corrected chi connectivity index (χ4v) is 2.82. The summed E-state index contributed by atoms with van der Waals surface area (Å²) in [5, 5.41) is 0. The molecule has 0 fully saturated rings. The normalized spacial score (nSPS) is 17.5. The van der Waals surface area contributed by atoms with E-state index in [0.29, 0.717) is 18.8 Å². The third kappa shape index (κ3) is 2.64. The molecular formula is C15H20N4O3. The number of carbonyl (C=O) groups excluding carboxylic acids is 1. The molecule has 1 aliphatic rings. The summed E-state index contributed by atoms with van der Waals surface area (Å²) >= 11 is 0. The number of carbonyl (C=O) groups is 1. The van der Waals surface area contributed by atoms with Gasteiger partial charge in [-0.05, 0) is 13.8 Å². The van der Waals surface area contributed by atoms with Gasteiger partial charge in [0.1, 0.15) is 12.1 Å². The number of nitrogens with zero attached hydrogens (tertiary/aromatic N) is 4. The molecular weight excluding hydrogens is 284 g/mol. The quantitative estimate of drug-likeness (QED) is 0.786. The van der Waals surface area contributed by atoms with Gasteiger partial charge in [-0.25, -0.2) is 9.97 Å². The second-order valence-corrected chi connectivity index (χ2v) is 5.25. The van der Waals surface area contributed by atoms with Crippen LogP contribution in [0.4, 0.5) is 0 Å². The minimum atomic E-state index is -0.119. The molecule has 0 spiro atoms. The van der Waals surface area contributed by atoms with Gasteiger partial charge in [0, 0.05) is 38.0 Å². The van der Waals surface area contributed by atoms with E-state index < -0.39 is 0 Å². The Morgan fingerprint density at radius 2 is 2.32 bits per heavy atom. The lowest BCUT2D eigenvalue weighted by molar-refractivity contribution is 0.0629. The van der Waals surface area contributed by atoms with Crippen LogP contribution >= 0.6 is 0 Å². The predicted molar refractivity (Wildman–Crippen MR) is 78.4 cm³/mol. The Morgan fingerprint density at radius 1 is 1.45 bits per heavy atom. The summed E-state index contributed by atoms with van der Waals surface area (Å²) in [5.41, 5.74) is 1.49. The van der Waals surface area contributed by atoms with Crippen molar-refractivity contribution in [3.8, 4) is 0 Å². The van der Waals surface area contributed by atoms with Crippen LogP contribution in [0.3, 0.4) is 0 Å². The van der Waals surface area contributed by atoms with Crippen LogP contribution in [-0.4, -0.2) is 45.1 Å². The first kappa shape index (κ1) is 14.8. The lowest BCUT2D eigenvalue weighted by Crippen LogP contribution is -2.41. The average molecular weight is 304 g/mol.